The molecule has 1 heterocycles. The van der Waals surface area contributed by atoms with Crippen molar-refractivity contribution in [2.45, 2.75) is 20.3 Å². The second-order valence-corrected chi connectivity index (χ2v) is 5.66. The normalized spacial score (nSPS) is 10.9. The fourth-order valence-electron chi connectivity index (χ4n) is 2.47. The highest BCUT2D eigenvalue weighted by atomic mass is 79.9. The molecular formula is C15H20BrN3O. The van der Waals surface area contributed by atoms with Crippen molar-refractivity contribution in [3.8, 4) is 17.0 Å². The topological polar surface area (TPSA) is 53.1 Å². The van der Waals surface area contributed by atoms with Gasteiger partial charge in [-0.05, 0) is 59.6 Å². The Bertz CT molecular complexity index is 611. The summed E-state index contributed by atoms with van der Waals surface area (Å²) in [5, 5.41) is 0. The molecule has 1 aromatic carbocycles. The number of aromatic nitrogens is 2. The van der Waals surface area contributed by atoms with Crippen molar-refractivity contribution in [2.75, 3.05) is 13.7 Å². The molecule has 4 nitrogen and oxygen atoms in total. The minimum Gasteiger partial charge on any atom is -0.496 e. The van der Waals surface area contributed by atoms with E-state index in [1.807, 2.05) is 25.5 Å². The van der Waals surface area contributed by atoms with E-state index in [-0.39, 0.29) is 0 Å². The first-order chi connectivity index (χ1) is 9.49. The number of imidazole rings is 1. The van der Waals surface area contributed by atoms with Crippen LogP contribution in [0.2, 0.25) is 0 Å². The highest BCUT2D eigenvalue weighted by Gasteiger charge is 2.15. The van der Waals surface area contributed by atoms with Gasteiger partial charge in [-0.15, -0.1) is 0 Å². The van der Waals surface area contributed by atoms with E-state index in [2.05, 4.69) is 28.1 Å². The molecule has 0 bridgehead atoms. The second-order valence-electron chi connectivity index (χ2n) is 4.91. The average Bonchev–Trinajstić information content (AvgIpc) is 2.67. The van der Waals surface area contributed by atoms with E-state index in [1.165, 1.54) is 0 Å². The van der Waals surface area contributed by atoms with Gasteiger partial charge in [-0.25, -0.2) is 4.98 Å². The summed E-state index contributed by atoms with van der Waals surface area (Å²) in [6.07, 6.45) is 0.767. The van der Waals surface area contributed by atoms with E-state index in [0.717, 1.165) is 45.0 Å². The molecule has 0 saturated heterocycles. The molecule has 1 aromatic heterocycles. The van der Waals surface area contributed by atoms with Crippen LogP contribution in [0.4, 0.5) is 0 Å². The average molecular weight is 338 g/mol. The summed E-state index contributed by atoms with van der Waals surface area (Å²) >= 11 is 3.62. The van der Waals surface area contributed by atoms with Gasteiger partial charge >= 0.3 is 0 Å². The molecule has 0 unspecified atom stereocenters. The molecule has 0 aliphatic heterocycles. The Morgan fingerprint density at radius 1 is 1.30 bits per heavy atom. The van der Waals surface area contributed by atoms with Crippen LogP contribution in [0.1, 0.15) is 17.0 Å². The van der Waals surface area contributed by atoms with Gasteiger partial charge in [0.15, 0.2) is 0 Å². The minimum absolute atomic E-state index is 0.595. The Hall–Kier alpha value is -1.33. The third-order valence-electron chi connectivity index (χ3n) is 3.42. The Morgan fingerprint density at radius 3 is 2.40 bits per heavy atom. The van der Waals surface area contributed by atoms with Gasteiger partial charge in [0.25, 0.3) is 0 Å². The van der Waals surface area contributed by atoms with E-state index < -0.39 is 0 Å². The predicted octanol–water partition coefficient (Wildman–Crippen LogP) is 2.98. The standard InChI is InChI=1S/C15H20BrN3O/c1-9-7-11(8-10(2)14(9)20-4)13-15(16)19(3)12(18-13)5-6-17/h7-8H,5-6,17H2,1-4H3. The molecule has 0 saturated carbocycles. The highest BCUT2D eigenvalue weighted by Crippen LogP contribution is 2.33. The number of rotatable bonds is 4. The Balaban J connectivity index is 2.54. The van der Waals surface area contributed by atoms with Gasteiger partial charge in [-0.1, -0.05) is 0 Å². The van der Waals surface area contributed by atoms with Gasteiger partial charge in [0, 0.05) is 19.0 Å². The summed E-state index contributed by atoms with van der Waals surface area (Å²) < 4.78 is 8.43. The van der Waals surface area contributed by atoms with Crippen molar-refractivity contribution in [2.24, 2.45) is 12.8 Å². The minimum atomic E-state index is 0.595. The lowest BCUT2D eigenvalue weighted by Gasteiger charge is -2.10. The monoisotopic (exact) mass is 337 g/mol. The van der Waals surface area contributed by atoms with Crippen molar-refractivity contribution in [1.82, 2.24) is 9.55 Å². The molecule has 0 aliphatic carbocycles. The maximum absolute atomic E-state index is 5.63. The van der Waals surface area contributed by atoms with Crippen LogP contribution in [0.3, 0.4) is 0 Å². The summed E-state index contributed by atoms with van der Waals surface area (Å²) in [5.41, 5.74) is 9.89. The first kappa shape index (κ1) is 15.1. The summed E-state index contributed by atoms with van der Waals surface area (Å²) in [6.45, 7) is 4.69. The number of halogens is 1. The molecule has 0 radical (unpaired) electrons. The van der Waals surface area contributed by atoms with Gasteiger partial charge in [0.2, 0.25) is 0 Å². The molecule has 0 aliphatic rings. The predicted molar refractivity (Wildman–Crippen MR) is 85.1 cm³/mol. The first-order valence-corrected chi connectivity index (χ1v) is 7.35. The van der Waals surface area contributed by atoms with E-state index in [0.29, 0.717) is 6.54 Å². The zero-order chi connectivity index (χ0) is 14.9. The van der Waals surface area contributed by atoms with Crippen molar-refractivity contribution in [3.63, 3.8) is 0 Å². The lowest BCUT2D eigenvalue weighted by atomic mass is 10.0. The van der Waals surface area contributed by atoms with E-state index in [1.54, 1.807) is 7.11 Å². The zero-order valence-corrected chi connectivity index (χ0v) is 13.9. The molecule has 0 amide bonds. The molecule has 2 aromatic rings. The smallest absolute Gasteiger partial charge is 0.124 e. The highest BCUT2D eigenvalue weighted by molar-refractivity contribution is 9.10. The number of hydrogen-bond acceptors (Lipinski definition) is 3. The number of nitrogens with two attached hydrogens (primary N) is 1. The SMILES string of the molecule is COc1c(C)cc(-c2nc(CCN)n(C)c2Br)cc1C. The molecular weight excluding hydrogens is 318 g/mol. The molecule has 0 fully saturated rings. The Kier molecular flexibility index (Phi) is 4.50. The lowest BCUT2D eigenvalue weighted by Crippen LogP contribution is -2.07. The van der Waals surface area contributed by atoms with Gasteiger partial charge < -0.3 is 15.0 Å². The van der Waals surface area contributed by atoms with Gasteiger partial charge in [0.1, 0.15) is 21.9 Å². The fraction of sp³-hybridized carbons (Fsp3) is 0.400. The third-order valence-corrected chi connectivity index (χ3v) is 4.33. The van der Waals surface area contributed by atoms with Crippen molar-refractivity contribution < 1.29 is 4.74 Å². The van der Waals surface area contributed by atoms with Crippen LogP contribution in [-0.4, -0.2) is 23.2 Å². The number of hydrogen-bond donors (Lipinski definition) is 1. The Morgan fingerprint density at radius 2 is 1.90 bits per heavy atom. The van der Waals surface area contributed by atoms with E-state index in [4.69, 9.17) is 15.5 Å². The fourth-order valence-corrected chi connectivity index (χ4v) is 2.99. The molecule has 0 atom stereocenters. The summed E-state index contributed by atoms with van der Waals surface area (Å²) in [5.74, 6) is 1.92. The van der Waals surface area contributed by atoms with Gasteiger partial charge in [0.05, 0.1) is 7.11 Å². The Labute approximate surface area is 128 Å². The number of benzene rings is 1. The lowest BCUT2D eigenvalue weighted by molar-refractivity contribution is 0.408. The maximum atomic E-state index is 5.63. The zero-order valence-electron chi connectivity index (χ0n) is 12.3. The van der Waals surface area contributed by atoms with Crippen LogP contribution in [0.5, 0.6) is 5.75 Å². The van der Waals surface area contributed by atoms with Crippen LogP contribution in [0, 0.1) is 13.8 Å². The van der Waals surface area contributed by atoms with Crippen molar-refractivity contribution in [3.05, 3.63) is 33.7 Å². The molecule has 5 heteroatoms. The first-order valence-electron chi connectivity index (χ1n) is 6.56. The third kappa shape index (κ3) is 2.60. The number of methoxy groups -OCH3 is 1. The molecule has 2 N–H and O–H groups in total. The largest absolute Gasteiger partial charge is 0.496 e. The van der Waals surface area contributed by atoms with Gasteiger partial charge in [-0.3, -0.25) is 0 Å². The van der Waals surface area contributed by atoms with Crippen LogP contribution in [0.25, 0.3) is 11.3 Å². The van der Waals surface area contributed by atoms with Gasteiger partial charge in [-0.2, -0.15) is 0 Å². The van der Waals surface area contributed by atoms with Crippen molar-refractivity contribution >= 4 is 15.9 Å². The quantitative estimate of drug-likeness (QED) is 0.932. The van der Waals surface area contributed by atoms with Crippen molar-refractivity contribution in [1.29, 1.82) is 0 Å². The maximum Gasteiger partial charge on any atom is 0.124 e. The second kappa shape index (κ2) is 5.97. The number of aryl methyl sites for hydroxylation is 2. The van der Waals surface area contributed by atoms with E-state index in [9.17, 15) is 0 Å². The number of ether oxygens (including phenoxy) is 1. The summed E-state index contributed by atoms with van der Waals surface area (Å²) in [7, 11) is 3.69. The number of nitrogens with zero attached hydrogens (tertiary/aromatic N) is 2. The van der Waals surface area contributed by atoms with E-state index >= 15 is 0 Å². The molecule has 2 rings (SSSR count). The molecule has 108 valence electrons. The van der Waals surface area contributed by atoms with Crippen LogP contribution in [0.15, 0.2) is 16.7 Å². The summed E-state index contributed by atoms with van der Waals surface area (Å²) in [4.78, 5) is 4.70. The summed E-state index contributed by atoms with van der Waals surface area (Å²) in [6, 6.07) is 4.20. The van der Waals surface area contributed by atoms with Crippen LogP contribution < -0.4 is 10.5 Å². The van der Waals surface area contributed by atoms with Crippen LogP contribution in [-0.2, 0) is 13.5 Å². The molecule has 20 heavy (non-hydrogen) atoms. The van der Waals surface area contributed by atoms with Crippen LogP contribution >= 0.6 is 15.9 Å². The molecule has 0 spiro atoms.